The Balaban J connectivity index is 1.65. The largest absolute Gasteiger partial charge is 0.339 e. The Morgan fingerprint density at radius 3 is 2.25 bits per heavy atom. The number of hydrogen-bond acceptors (Lipinski definition) is 6. The summed E-state index contributed by atoms with van der Waals surface area (Å²) in [6, 6.07) is 8.93. The number of benzene rings is 1. The first kappa shape index (κ1) is 24.4. The number of anilines is 1. The highest BCUT2D eigenvalue weighted by atomic mass is 32.2. The van der Waals surface area contributed by atoms with Crippen molar-refractivity contribution in [1.29, 1.82) is 0 Å². The molecular weight excluding hydrogens is 448 g/mol. The number of hydrogen-bond donors (Lipinski definition) is 2. The molecule has 1 atom stereocenters. The molecule has 1 aromatic carbocycles. The van der Waals surface area contributed by atoms with Crippen LogP contribution in [0.4, 0.5) is 5.69 Å². The molecule has 0 bridgehead atoms. The molecule has 0 spiro atoms. The van der Waals surface area contributed by atoms with E-state index in [1.165, 1.54) is 27.8 Å². The number of amides is 2. The van der Waals surface area contributed by atoms with Gasteiger partial charge in [0.2, 0.25) is 15.9 Å². The van der Waals surface area contributed by atoms with Gasteiger partial charge in [0.1, 0.15) is 6.04 Å². The molecule has 10 heteroatoms. The lowest BCUT2D eigenvalue weighted by Crippen LogP contribution is -2.48. The summed E-state index contributed by atoms with van der Waals surface area (Å²) in [5, 5.41) is 7.36. The van der Waals surface area contributed by atoms with Crippen LogP contribution >= 0.6 is 11.3 Å². The average Bonchev–Trinajstić information content (AvgIpc) is 3.32. The number of nitrogens with one attached hydrogen (secondary N) is 2. The highest BCUT2D eigenvalue weighted by Gasteiger charge is 2.28. The van der Waals surface area contributed by atoms with E-state index < -0.39 is 16.1 Å². The standard InChI is InChI=1S/C22H30N4O4S2/c1-4-25-11-13-26(14-12-25)32(29,30)18-9-7-17(8-10-18)23-22(28)20(16(2)3)24-21(27)19-6-5-15-31-19/h5-10,15-16,20H,4,11-14H2,1-3H3,(H,23,28)(H,24,27). The van der Waals surface area contributed by atoms with Crippen LogP contribution in [0.5, 0.6) is 0 Å². The molecule has 8 nitrogen and oxygen atoms in total. The third kappa shape index (κ3) is 5.74. The zero-order chi connectivity index (χ0) is 23.3. The van der Waals surface area contributed by atoms with E-state index in [4.69, 9.17) is 0 Å². The van der Waals surface area contributed by atoms with E-state index in [1.54, 1.807) is 29.6 Å². The molecule has 1 fully saturated rings. The quantitative estimate of drug-likeness (QED) is 0.607. The van der Waals surface area contributed by atoms with Gasteiger partial charge in [-0.15, -0.1) is 11.3 Å². The van der Waals surface area contributed by atoms with E-state index in [2.05, 4.69) is 22.5 Å². The molecule has 3 rings (SSSR count). The van der Waals surface area contributed by atoms with Gasteiger partial charge in [-0.3, -0.25) is 9.59 Å². The van der Waals surface area contributed by atoms with Crippen LogP contribution < -0.4 is 10.6 Å². The molecule has 0 radical (unpaired) electrons. The zero-order valence-corrected chi connectivity index (χ0v) is 20.2. The summed E-state index contributed by atoms with van der Waals surface area (Å²) >= 11 is 1.31. The van der Waals surface area contributed by atoms with Gasteiger partial charge in [0.05, 0.1) is 9.77 Å². The first-order valence-electron chi connectivity index (χ1n) is 10.7. The molecule has 2 heterocycles. The minimum Gasteiger partial charge on any atom is -0.339 e. The normalized spacial score (nSPS) is 16.6. The smallest absolute Gasteiger partial charge is 0.262 e. The van der Waals surface area contributed by atoms with Crippen LogP contribution in [0, 0.1) is 5.92 Å². The number of carbonyl (C=O) groups is 2. The SMILES string of the molecule is CCN1CCN(S(=O)(=O)c2ccc(NC(=O)C(NC(=O)c3cccs3)C(C)C)cc2)CC1. The van der Waals surface area contributed by atoms with Crippen LogP contribution in [0.2, 0.25) is 0 Å². The van der Waals surface area contributed by atoms with Crippen molar-refractivity contribution in [3.63, 3.8) is 0 Å². The lowest BCUT2D eigenvalue weighted by molar-refractivity contribution is -0.118. The third-order valence-corrected chi connectivity index (χ3v) is 8.30. The van der Waals surface area contributed by atoms with E-state index in [0.717, 1.165) is 19.6 Å². The van der Waals surface area contributed by atoms with Crippen LogP contribution in [0.25, 0.3) is 0 Å². The number of carbonyl (C=O) groups excluding carboxylic acids is 2. The molecule has 2 aromatic rings. The maximum atomic E-state index is 12.9. The third-order valence-electron chi connectivity index (χ3n) is 5.52. The minimum atomic E-state index is -3.57. The van der Waals surface area contributed by atoms with Crippen LogP contribution in [0.1, 0.15) is 30.4 Å². The Morgan fingerprint density at radius 2 is 1.72 bits per heavy atom. The molecule has 1 aliphatic rings. The lowest BCUT2D eigenvalue weighted by atomic mass is 10.0. The van der Waals surface area contributed by atoms with Crippen molar-refractivity contribution in [3.05, 3.63) is 46.7 Å². The van der Waals surface area contributed by atoms with E-state index in [9.17, 15) is 18.0 Å². The Morgan fingerprint density at radius 1 is 1.06 bits per heavy atom. The fourth-order valence-electron chi connectivity index (χ4n) is 3.52. The second-order valence-electron chi connectivity index (χ2n) is 8.02. The van der Waals surface area contributed by atoms with Crippen LogP contribution in [-0.2, 0) is 14.8 Å². The molecule has 1 aliphatic heterocycles. The summed E-state index contributed by atoms with van der Waals surface area (Å²) in [7, 11) is -3.57. The number of sulfonamides is 1. The summed E-state index contributed by atoms with van der Waals surface area (Å²) in [6.45, 7) is 9.06. The van der Waals surface area contributed by atoms with E-state index in [-0.39, 0.29) is 22.6 Å². The van der Waals surface area contributed by atoms with Gasteiger partial charge in [-0.05, 0) is 48.2 Å². The van der Waals surface area contributed by atoms with E-state index in [1.807, 2.05) is 13.8 Å². The molecule has 1 saturated heterocycles. The zero-order valence-electron chi connectivity index (χ0n) is 18.6. The van der Waals surface area contributed by atoms with Crippen molar-refractivity contribution in [2.45, 2.75) is 31.7 Å². The summed E-state index contributed by atoms with van der Waals surface area (Å²) in [6.07, 6.45) is 0. The first-order valence-corrected chi connectivity index (χ1v) is 13.0. The Bertz CT molecular complexity index is 1010. The molecule has 1 unspecified atom stereocenters. The fourth-order valence-corrected chi connectivity index (χ4v) is 5.57. The van der Waals surface area contributed by atoms with Crippen LogP contribution in [0.15, 0.2) is 46.7 Å². The molecule has 2 amide bonds. The predicted octanol–water partition coefficient (Wildman–Crippen LogP) is 2.47. The predicted molar refractivity (Wildman–Crippen MR) is 126 cm³/mol. The van der Waals surface area contributed by atoms with Gasteiger partial charge in [-0.1, -0.05) is 26.8 Å². The van der Waals surface area contributed by atoms with Gasteiger partial charge >= 0.3 is 0 Å². The Kier molecular flexibility index (Phi) is 8.05. The monoisotopic (exact) mass is 478 g/mol. The van der Waals surface area contributed by atoms with Gasteiger partial charge in [0.25, 0.3) is 5.91 Å². The lowest BCUT2D eigenvalue weighted by Gasteiger charge is -2.33. The number of likely N-dealkylation sites (N-methyl/N-ethyl adjacent to an activating group) is 1. The summed E-state index contributed by atoms with van der Waals surface area (Å²) in [4.78, 5) is 28.1. The van der Waals surface area contributed by atoms with Crippen molar-refractivity contribution in [2.75, 3.05) is 38.0 Å². The number of thiophene rings is 1. The molecular formula is C22H30N4O4S2. The number of piperazine rings is 1. The first-order chi connectivity index (χ1) is 15.2. The van der Waals surface area contributed by atoms with Crippen molar-refractivity contribution in [2.24, 2.45) is 5.92 Å². The molecule has 32 heavy (non-hydrogen) atoms. The highest BCUT2D eigenvalue weighted by molar-refractivity contribution is 7.89. The topological polar surface area (TPSA) is 98.8 Å². The molecule has 2 N–H and O–H groups in total. The van der Waals surface area contributed by atoms with Gasteiger partial charge in [0, 0.05) is 31.9 Å². The van der Waals surface area contributed by atoms with Gasteiger partial charge in [0.15, 0.2) is 0 Å². The van der Waals surface area contributed by atoms with Crippen molar-refractivity contribution in [1.82, 2.24) is 14.5 Å². The van der Waals surface area contributed by atoms with E-state index in [0.29, 0.717) is 23.7 Å². The minimum absolute atomic E-state index is 0.125. The second-order valence-corrected chi connectivity index (χ2v) is 10.9. The maximum Gasteiger partial charge on any atom is 0.262 e. The van der Waals surface area contributed by atoms with Crippen LogP contribution in [-0.4, -0.2) is 68.2 Å². The van der Waals surface area contributed by atoms with Crippen LogP contribution in [0.3, 0.4) is 0 Å². The molecule has 0 saturated carbocycles. The van der Waals surface area contributed by atoms with E-state index >= 15 is 0 Å². The molecule has 0 aliphatic carbocycles. The number of nitrogens with zero attached hydrogens (tertiary/aromatic N) is 2. The Labute approximate surface area is 193 Å². The van der Waals surface area contributed by atoms with Gasteiger partial charge < -0.3 is 15.5 Å². The summed E-state index contributed by atoms with van der Waals surface area (Å²) < 4.78 is 27.3. The van der Waals surface area contributed by atoms with Crippen molar-refractivity contribution in [3.8, 4) is 0 Å². The second kappa shape index (κ2) is 10.6. The van der Waals surface area contributed by atoms with Crippen molar-refractivity contribution < 1.29 is 18.0 Å². The average molecular weight is 479 g/mol. The van der Waals surface area contributed by atoms with Gasteiger partial charge in [-0.25, -0.2) is 8.42 Å². The molecule has 1 aromatic heterocycles. The fraction of sp³-hybridized carbons (Fsp3) is 0.455. The Hall–Kier alpha value is -2.27. The molecule has 174 valence electrons. The van der Waals surface area contributed by atoms with Crippen molar-refractivity contribution >= 4 is 38.9 Å². The maximum absolute atomic E-state index is 12.9. The summed E-state index contributed by atoms with van der Waals surface area (Å²) in [5.41, 5.74) is 0.473. The number of rotatable bonds is 8. The van der Waals surface area contributed by atoms with Gasteiger partial charge in [-0.2, -0.15) is 4.31 Å². The highest BCUT2D eigenvalue weighted by Crippen LogP contribution is 2.20. The summed E-state index contributed by atoms with van der Waals surface area (Å²) in [5.74, 6) is -0.769.